The standard InChI is InChI=1S/C28H40N8O4/c1-5-10-35-25-21(31-28(35)32-27(39)22-13-19(4)33-36(22)6-2)14-20(26(29)38)15-23(25)40-12-7-9-30-24(37)17-34-11-8-18(3)16-34/h13-15,18H,5-12,16-17H2,1-4H3,(H2,29,38)(H,30,37)(H,31,32,39). The average Bonchev–Trinajstić information content (AvgIpc) is 3.60. The number of amides is 3. The van der Waals surface area contributed by atoms with Gasteiger partial charge in [-0.3, -0.25) is 29.3 Å². The number of nitrogens with two attached hydrogens (primary N) is 1. The molecule has 3 heterocycles. The molecule has 0 aliphatic carbocycles. The zero-order chi connectivity index (χ0) is 28.8. The molecule has 1 fully saturated rings. The van der Waals surface area contributed by atoms with Crippen molar-refractivity contribution in [2.24, 2.45) is 11.7 Å². The lowest BCUT2D eigenvalue weighted by molar-refractivity contribution is -0.122. The number of hydrogen-bond acceptors (Lipinski definition) is 7. The van der Waals surface area contributed by atoms with Crippen LogP contribution in [0.5, 0.6) is 5.75 Å². The molecular formula is C28H40N8O4. The van der Waals surface area contributed by atoms with Gasteiger partial charge < -0.3 is 20.4 Å². The van der Waals surface area contributed by atoms with E-state index in [2.05, 4.69) is 32.5 Å². The Morgan fingerprint density at radius 1 is 1.20 bits per heavy atom. The van der Waals surface area contributed by atoms with E-state index in [0.717, 1.165) is 31.6 Å². The number of carbonyl (C=O) groups is 3. The van der Waals surface area contributed by atoms with Crippen molar-refractivity contribution in [3.63, 3.8) is 0 Å². The minimum Gasteiger partial charge on any atom is -0.491 e. The highest BCUT2D eigenvalue weighted by Crippen LogP contribution is 2.31. The Morgan fingerprint density at radius 2 is 2.00 bits per heavy atom. The summed E-state index contributed by atoms with van der Waals surface area (Å²) >= 11 is 0. The van der Waals surface area contributed by atoms with Crippen LogP contribution in [-0.4, -0.2) is 74.7 Å². The maximum atomic E-state index is 13.2. The van der Waals surface area contributed by atoms with Crippen molar-refractivity contribution in [3.8, 4) is 5.75 Å². The summed E-state index contributed by atoms with van der Waals surface area (Å²) < 4.78 is 9.63. The number of benzene rings is 1. The highest BCUT2D eigenvalue weighted by Gasteiger charge is 2.22. The van der Waals surface area contributed by atoms with Crippen LogP contribution < -0.4 is 21.1 Å². The van der Waals surface area contributed by atoms with Gasteiger partial charge in [-0.2, -0.15) is 5.10 Å². The molecule has 1 unspecified atom stereocenters. The molecule has 40 heavy (non-hydrogen) atoms. The first kappa shape index (κ1) is 29.1. The molecule has 0 spiro atoms. The smallest absolute Gasteiger partial charge is 0.276 e. The van der Waals surface area contributed by atoms with Crippen molar-refractivity contribution >= 4 is 34.7 Å². The lowest BCUT2D eigenvalue weighted by Gasteiger charge is -2.15. The van der Waals surface area contributed by atoms with Crippen LogP contribution in [0.25, 0.3) is 11.0 Å². The highest BCUT2D eigenvalue weighted by atomic mass is 16.5. The summed E-state index contributed by atoms with van der Waals surface area (Å²) in [6.07, 6.45) is 2.48. The first-order chi connectivity index (χ1) is 19.2. The molecule has 216 valence electrons. The van der Waals surface area contributed by atoms with Gasteiger partial charge in [0.25, 0.3) is 5.91 Å². The van der Waals surface area contributed by atoms with Gasteiger partial charge in [0.15, 0.2) is 0 Å². The summed E-state index contributed by atoms with van der Waals surface area (Å²) in [7, 11) is 0. The van der Waals surface area contributed by atoms with Crippen LogP contribution in [0.2, 0.25) is 0 Å². The summed E-state index contributed by atoms with van der Waals surface area (Å²) in [5.41, 5.74) is 8.19. The van der Waals surface area contributed by atoms with Gasteiger partial charge in [-0.1, -0.05) is 13.8 Å². The van der Waals surface area contributed by atoms with Crippen molar-refractivity contribution in [3.05, 3.63) is 35.2 Å². The van der Waals surface area contributed by atoms with E-state index in [-0.39, 0.29) is 17.4 Å². The number of likely N-dealkylation sites (tertiary alicyclic amines) is 1. The molecule has 0 bridgehead atoms. The van der Waals surface area contributed by atoms with Gasteiger partial charge in [-0.05, 0) is 63.8 Å². The van der Waals surface area contributed by atoms with Crippen LogP contribution in [0, 0.1) is 12.8 Å². The Kier molecular flexibility index (Phi) is 9.41. The van der Waals surface area contributed by atoms with Crippen LogP contribution in [0.3, 0.4) is 0 Å². The van der Waals surface area contributed by atoms with Crippen molar-refractivity contribution in [2.75, 3.05) is 38.1 Å². The molecule has 1 aliphatic heterocycles. The second kappa shape index (κ2) is 12.9. The molecule has 3 amide bonds. The third kappa shape index (κ3) is 6.79. The Bertz CT molecular complexity index is 1380. The van der Waals surface area contributed by atoms with Gasteiger partial charge >= 0.3 is 0 Å². The van der Waals surface area contributed by atoms with E-state index in [0.29, 0.717) is 73.5 Å². The summed E-state index contributed by atoms with van der Waals surface area (Å²) in [5, 5.41) is 10.2. The van der Waals surface area contributed by atoms with Crippen molar-refractivity contribution < 1.29 is 19.1 Å². The Hall–Kier alpha value is -3.93. The molecule has 4 N–H and O–H groups in total. The molecular weight excluding hydrogens is 512 g/mol. The zero-order valence-corrected chi connectivity index (χ0v) is 23.8. The van der Waals surface area contributed by atoms with Gasteiger partial charge in [-0.25, -0.2) is 4.98 Å². The lowest BCUT2D eigenvalue weighted by atomic mass is 10.1. The quantitative estimate of drug-likeness (QED) is 0.276. The minimum absolute atomic E-state index is 0.00762. The molecule has 12 heteroatoms. The van der Waals surface area contributed by atoms with E-state index in [1.54, 1.807) is 22.9 Å². The maximum absolute atomic E-state index is 13.2. The zero-order valence-electron chi connectivity index (χ0n) is 23.8. The first-order valence-electron chi connectivity index (χ1n) is 14.0. The molecule has 1 atom stereocenters. The predicted molar refractivity (Wildman–Crippen MR) is 152 cm³/mol. The van der Waals surface area contributed by atoms with Crippen molar-refractivity contribution in [1.29, 1.82) is 0 Å². The topological polar surface area (TPSA) is 149 Å². The Labute approximate surface area is 234 Å². The monoisotopic (exact) mass is 552 g/mol. The average molecular weight is 553 g/mol. The third-order valence-electron chi connectivity index (χ3n) is 6.97. The van der Waals surface area contributed by atoms with Crippen molar-refractivity contribution in [1.82, 2.24) is 29.5 Å². The van der Waals surface area contributed by atoms with Crippen LogP contribution in [0.15, 0.2) is 18.2 Å². The minimum atomic E-state index is -0.604. The Balaban J connectivity index is 1.49. The van der Waals surface area contributed by atoms with Crippen LogP contribution in [0.1, 0.15) is 66.6 Å². The summed E-state index contributed by atoms with van der Waals surface area (Å²) in [6.45, 7) is 12.2. The van der Waals surface area contributed by atoms with Crippen LogP contribution in [-0.2, 0) is 17.9 Å². The molecule has 4 rings (SSSR count). The fourth-order valence-electron chi connectivity index (χ4n) is 5.06. The number of ether oxygens (including phenoxy) is 1. The number of rotatable bonds is 13. The number of imidazole rings is 1. The number of fused-ring (bicyclic) bond motifs is 1. The molecule has 2 aromatic heterocycles. The van der Waals surface area contributed by atoms with E-state index in [4.69, 9.17) is 10.5 Å². The normalized spacial score (nSPS) is 15.4. The van der Waals surface area contributed by atoms with Gasteiger partial charge in [-0.15, -0.1) is 0 Å². The number of anilines is 1. The number of primary amides is 1. The summed E-state index contributed by atoms with van der Waals surface area (Å²) in [5.74, 6) is 0.499. The predicted octanol–water partition coefficient (Wildman–Crippen LogP) is 2.55. The molecule has 1 aromatic carbocycles. The number of aromatic nitrogens is 4. The highest BCUT2D eigenvalue weighted by molar-refractivity contribution is 6.04. The third-order valence-corrected chi connectivity index (χ3v) is 6.97. The van der Waals surface area contributed by atoms with Gasteiger partial charge in [0, 0.05) is 31.7 Å². The van der Waals surface area contributed by atoms with Crippen LogP contribution >= 0.6 is 0 Å². The van der Waals surface area contributed by atoms with E-state index < -0.39 is 5.91 Å². The SMILES string of the molecule is CCCn1c(NC(=O)c2cc(C)nn2CC)nc2cc(C(N)=O)cc(OCCCNC(=O)CN3CCC(C)C3)c21. The number of nitrogens with one attached hydrogen (secondary N) is 2. The van der Waals surface area contributed by atoms with E-state index in [1.807, 2.05) is 25.3 Å². The van der Waals surface area contributed by atoms with Crippen molar-refractivity contribution in [2.45, 2.75) is 60.0 Å². The Morgan fingerprint density at radius 3 is 2.67 bits per heavy atom. The van der Waals surface area contributed by atoms with Gasteiger partial charge in [0.05, 0.1) is 24.4 Å². The van der Waals surface area contributed by atoms with E-state index >= 15 is 0 Å². The fraction of sp³-hybridized carbons (Fsp3) is 0.536. The first-order valence-corrected chi connectivity index (χ1v) is 14.0. The van der Waals surface area contributed by atoms with Crippen LogP contribution in [0.4, 0.5) is 5.95 Å². The molecule has 1 saturated heterocycles. The largest absolute Gasteiger partial charge is 0.491 e. The second-order valence-corrected chi connectivity index (χ2v) is 10.4. The lowest BCUT2D eigenvalue weighted by Crippen LogP contribution is -2.36. The second-order valence-electron chi connectivity index (χ2n) is 10.4. The number of nitrogens with zero attached hydrogens (tertiary/aromatic N) is 5. The molecule has 0 radical (unpaired) electrons. The molecule has 12 nitrogen and oxygen atoms in total. The van der Waals surface area contributed by atoms with Gasteiger partial charge in [0.2, 0.25) is 17.8 Å². The fourth-order valence-corrected chi connectivity index (χ4v) is 5.06. The molecule has 0 saturated carbocycles. The molecule has 1 aliphatic rings. The maximum Gasteiger partial charge on any atom is 0.276 e. The van der Waals surface area contributed by atoms with Gasteiger partial charge in [0.1, 0.15) is 17.0 Å². The number of aryl methyl sites for hydroxylation is 3. The number of carbonyl (C=O) groups excluding carboxylic acids is 3. The van der Waals surface area contributed by atoms with E-state index in [1.165, 1.54) is 0 Å². The number of hydrogen-bond donors (Lipinski definition) is 3. The molecule has 3 aromatic rings. The summed E-state index contributed by atoms with van der Waals surface area (Å²) in [4.78, 5) is 44.3. The van der Waals surface area contributed by atoms with E-state index in [9.17, 15) is 14.4 Å². The summed E-state index contributed by atoms with van der Waals surface area (Å²) in [6, 6.07) is 4.94.